The maximum absolute atomic E-state index is 13.8. The number of ether oxygens (including phenoxy) is 1. The van der Waals surface area contributed by atoms with E-state index in [0.717, 1.165) is 6.42 Å². The number of aliphatic hydroxyl groups excluding tert-OH is 1. The van der Waals surface area contributed by atoms with Gasteiger partial charge in [0.25, 0.3) is 0 Å². The molecule has 106 valence electrons. The third kappa shape index (κ3) is 3.46. The van der Waals surface area contributed by atoms with E-state index in [-0.39, 0.29) is 10.6 Å². The van der Waals surface area contributed by atoms with Crippen LogP contribution in [0.2, 0.25) is 5.02 Å². The van der Waals surface area contributed by atoms with E-state index in [1.165, 1.54) is 24.4 Å². The topological polar surface area (TPSA) is 42.4 Å². The molecule has 0 radical (unpaired) electrons. The van der Waals surface area contributed by atoms with Gasteiger partial charge in [-0.15, -0.1) is 0 Å². The SMILES string of the molecule is CCCOc1cncc(C(O)c2ccc(Cl)cc2F)c1. The highest BCUT2D eigenvalue weighted by Crippen LogP contribution is 2.27. The molecule has 0 saturated heterocycles. The Morgan fingerprint density at radius 1 is 1.35 bits per heavy atom. The molecule has 3 nitrogen and oxygen atoms in total. The van der Waals surface area contributed by atoms with Crippen LogP contribution < -0.4 is 4.74 Å². The van der Waals surface area contributed by atoms with Crippen molar-refractivity contribution in [3.63, 3.8) is 0 Å². The summed E-state index contributed by atoms with van der Waals surface area (Å²) >= 11 is 5.70. The number of hydrogen-bond acceptors (Lipinski definition) is 3. The second kappa shape index (κ2) is 6.68. The predicted octanol–water partition coefficient (Wildman–Crippen LogP) is 3.74. The van der Waals surface area contributed by atoms with E-state index in [0.29, 0.717) is 17.9 Å². The molecule has 0 aliphatic rings. The molecule has 5 heteroatoms. The second-order valence-corrected chi connectivity index (χ2v) is 4.81. The molecule has 2 rings (SSSR count). The van der Waals surface area contributed by atoms with Gasteiger partial charge in [-0.3, -0.25) is 4.98 Å². The molecule has 1 aromatic heterocycles. The van der Waals surface area contributed by atoms with Crippen molar-refractivity contribution in [1.82, 2.24) is 4.98 Å². The van der Waals surface area contributed by atoms with Crippen molar-refractivity contribution in [3.8, 4) is 5.75 Å². The van der Waals surface area contributed by atoms with Gasteiger partial charge in [0.15, 0.2) is 0 Å². The molecule has 1 atom stereocenters. The minimum absolute atomic E-state index is 0.156. The van der Waals surface area contributed by atoms with Gasteiger partial charge in [-0.1, -0.05) is 24.6 Å². The Hall–Kier alpha value is -1.65. The van der Waals surface area contributed by atoms with E-state index >= 15 is 0 Å². The highest BCUT2D eigenvalue weighted by molar-refractivity contribution is 6.30. The lowest BCUT2D eigenvalue weighted by atomic mass is 10.0. The van der Waals surface area contributed by atoms with Crippen molar-refractivity contribution in [2.24, 2.45) is 0 Å². The number of aromatic nitrogens is 1. The summed E-state index contributed by atoms with van der Waals surface area (Å²) in [6, 6.07) is 5.82. The van der Waals surface area contributed by atoms with Crippen molar-refractivity contribution in [3.05, 3.63) is 58.6 Å². The van der Waals surface area contributed by atoms with Crippen LogP contribution in [0.15, 0.2) is 36.7 Å². The lowest BCUT2D eigenvalue weighted by molar-refractivity contribution is 0.213. The molecule has 0 saturated carbocycles. The van der Waals surface area contributed by atoms with Gasteiger partial charge < -0.3 is 9.84 Å². The van der Waals surface area contributed by atoms with E-state index in [1.54, 1.807) is 12.3 Å². The van der Waals surface area contributed by atoms with Gasteiger partial charge in [0.2, 0.25) is 0 Å². The van der Waals surface area contributed by atoms with Crippen LogP contribution in [0.5, 0.6) is 5.75 Å². The van der Waals surface area contributed by atoms with Crippen LogP contribution in [0.1, 0.15) is 30.6 Å². The van der Waals surface area contributed by atoms with Crippen LogP contribution in [0, 0.1) is 5.82 Å². The first-order valence-electron chi connectivity index (χ1n) is 6.32. The maximum atomic E-state index is 13.8. The zero-order chi connectivity index (χ0) is 14.5. The van der Waals surface area contributed by atoms with Crippen molar-refractivity contribution in [1.29, 1.82) is 0 Å². The van der Waals surface area contributed by atoms with Crippen molar-refractivity contribution in [2.45, 2.75) is 19.4 Å². The lowest BCUT2D eigenvalue weighted by Crippen LogP contribution is -2.04. The number of benzene rings is 1. The minimum Gasteiger partial charge on any atom is -0.492 e. The van der Waals surface area contributed by atoms with Gasteiger partial charge in [-0.2, -0.15) is 0 Å². The summed E-state index contributed by atoms with van der Waals surface area (Å²) in [5, 5.41) is 10.5. The number of aliphatic hydroxyl groups is 1. The molecule has 0 fully saturated rings. The summed E-state index contributed by atoms with van der Waals surface area (Å²) in [6.45, 7) is 2.56. The zero-order valence-electron chi connectivity index (χ0n) is 11.0. The summed E-state index contributed by atoms with van der Waals surface area (Å²) < 4.78 is 19.2. The third-order valence-electron chi connectivity index (χ3n) is 2.78. The zero-order valence-corrected chi connectivity index (χ0v) is 11.8. The molecule has 20 heavy (non-hydrogen) atoms. The average molecular weight is 296 g/mol. The van der Waals surface area contributed by atoms with Crippen molar-refractivity contribution >= 4 is 11.6 Å². The van der Waals surface area contributed by atoms with Gasteiger partial charge in [0, 0.05) is 22.3 Å². The van der Waals surface area contributed by atoms with Crippen molar-refractivity contribution < 1.29 is 14.2 Å². The monoisotopic (exact) mass is 295 g/mol. The molecule has 0 bridgehead atoms. The summed E-state index contributed by atoms with van der Waals surface area (Å²) in [7, 11) is 0. The van der Waals surface area contributed by atoms with Crippen LogP contribution in [0.3, 0.4) is 0 Å². The summed E-state index contributed by atoms with van der Waals surface area (Å²) in [5.74, 6) is 0.00245. The fourth-order valence-corrected chi connectivity index (χ4v) is 1.95. The first-order chi connectivity index (χ1) is 9.61. The average Bonchev–Trinajstić information content (AvgIpc) is 2.45. The fraction of sp³-hybridized carbons (Fsp3) is 0.267. The van der Waals surface area contributed by atoms with E-state index in [9.17, 15) is 9.50 Å². The van der Waals surface area contributed by atoms with Gasteiger partial charge in [0.05, 0.1) is 12.8 Å². The fourth-order valence-electron chi connectivity index (χ4n) is 1.79. The Balaban J connectivity index is 2.26. The highest BCUT2D eigenvalue weighted by Gasteiger charge is 2.16. The van der Waals surface area contributed by atoms with Crippen LogP contribution in [0.4, 0.5) is 4.39 Å². The van der Waals surface area contributed by atoms with E-state index < -0.39 is 11.9 Å². The Bertz CT molecular complexity index is 592. The number of halogens is 2. The lowest BCUT2D eigenvalue weighted by Gasteiger charge is -2.13. The number of hydrogen-bond donors (Lipinski definition) is 1. The van der Waals surface area contributed by atoms with Gasteiger partial charge in [-0.05, 0) is 24.6 Å². The first-order valence-corrected chi connectivity index (χ1v) is 6.70. The quantitative estimate of drug-likeness (QED) is 0.913. The summed E-state index contributed by atoms with van der Waals surface area (Å²) in [5.41, 5.74) is 0.628. The number of rotatable bonds is 5. The Morgan fingerprint density at radius 3 is 2.85 bits per heavy atom. The van der Waals surface area contributed by atoms with Gasteiger partial charge >= 0.3 is 0 Å². The van der Waals surface area contributed by atoms with Crippen molar-refractivity contribution in [2.75, 3.05) is 6.61 Å². The Kier molecular flexibility index (Phi) is 4.93. The van der Waals surface area contributed by atoms with E-state index in [1.807, 2.05) is 6.92 Å². The molecular formula is C15H15ClFNO2. The third-order valence-corrected chi connectivity index (χ3v) is 3.02. The van der Waals surface area contributed by atoms with Crippen LogP contribution in [0.25, 0.3) is 0 Å². The molecule has 1 unspecified atom stereocenters. The predicted molar refractivity (Wildman–Crippen MR) is 75.5 cm³/mol. The largest absolute Gasteiger partial charge is 0.492 e. The van der Waals surface area contributed by atoms with Gasteiger partial charge in [-0.25, -0.2) is 4.39 Å². The van der Waals surface area contributed by atoms with Crippen LogP contribution >= 0.6 is 11.6 Å². The molecule has 1 aromatic carbocycles. The minimum atomic E-state index is -1.11. The van der Waals surface area contributed by atoms with E-state index in [2.05, 4.69) is 4.98 Å². The van der Waals surface area contributed by atoms with Gasteiger partial charge in [0.1, 0.15) is 17.7 Å². The molecule has 0 aliphatic carbocycles. The highest BCUT2D eigenvalue weighted by atomic mass is 35.5. The normalized spacial score (nSPS) is 12.2. The Labute approximate surface area is 122 Å². The molecule has 1 N–H and O–H groups in total. The molecule has 1 heterocycles. The molecular weight excluding hydrogens is 281 g/mol. The molecule has 0 aliphatic heterocycles. The first kappa shape index (κ1) is 14.8. The molecule has 2 aromatic rings. The molecule has 0 spiro atoms. The summed E-state index contributed by atoms with van der Waals surface area (Å²) in [6.07, 6.45) is 2.81. The molecule has 0 amide bonds. The Morgan fingerprint density at radius 2 is 2.15 bits per heavy atom. The van der Waals surface area contributed by atoms with E-state index in [4.69, 9.17) is 16.3 Å². The maximum Gasteiger partial charge on any atom is 0.137 e. The summed E-state index contributed by atoms with van der Waals surface area (Å²) in [4.78, 5) is 4.00. The van der Waals surface area contributed by atoms with Crippen LogP contribution in [-0.4, -0.2) is 16.7 Å². The second-order valence-electron chi connectivity index (χ2n) is 4.37. The smallest absolute Gasteiger partial charge is 0.137 e. The van der Waals surface area contributed by atoms with Crippen LogP contribution in [-0.2, 0) is 0 Å². The number of pyridine rings is 1. The standard InChI is InChI=1S/C15H15ClFNO2/c1-2-5-20-12-6-10(8-18-9-12)15(19)13-4-3-11(16)7-14(13)17/h3-4,6-9,15,19H,2,5H2,1H3. The number of nitrogens with zero attached hydrogens (tertiary/aromatic N) is 1.